The van der Waals surface area contributed by atoms with Gasteiger partial charge in [0.1, 0.15) is 0 Å². The fraction of sp³-hybridized carbons (Fsp3) is 0.636. The molecule has 1 aromatic rings. The number of nitrogens with zero attached hydrogens (tertiary/aromatic N) is 1. The zero-order valence-corrected chi connectivity index (χ0v) is 10.3. The summed E-state index contributed by atoms with van der Waals surface area (Å²) in [5.74, 6) is -0.0344. The minimum atomic E-state index is -0.0344. The first kappa shape index (κ1) is 12.7. The van der Waals surface area contributed by atoms with Crippen molar-refractivity contribution >= 4 is 11.6 Å². The van der Waals surface area contributed by atoms with E-state index >= 15 is 0 Å². The van der Waals surface area contributed by atoms with Gasteiger partial charge in [0.15, 0.2) is 0 Å². The van der Waals surface area contributed by atoms with E-state index in [0.29, 0.717) is 12.6 Å². The van der Waals surface area contributed by atoms with Crippen LogP contribution in [0.4, 0.5) is 5.69 Å². The highest BCUT2D eigenvalue weighted by molar-refractivity contribution is 5.93. The first-order valence-corrected chi connectivity index (χ1v) is 5.59. The van der Waals surface area contributed by atoms with Crippen LogP contribution in [0.1, 0.15) is 31.7 Å². The molecule has 0 radical (unpaired) electrons. The number of carbonyl (C=O) groups excluding carboxylic acids is 1. The lowest BCUT2D eigenvalue weighted by molar-refractivity contribution is -0.115. The van der Waals surface area contributed by atoms with Crippen LogP contribution in [-0.2, 0) is 4.79 Å². The maximum absolute atomic E-state index is 11.6. The van der Waals surface area contributed by atoms with E-state index in [1.807, 2.05) is 13.8 Å². The van der Waals surface area contributed by atoms with E-state index in [2.05, 4.69) is 34.7 Å². The second-order valence-corrected chi connectivity index (χ2v) is 4.05. The Labute approximate surface area is 96.0 Å². The van der Waals surface area contributed by atoms with Gasteiger partial charge in [0.25, 0.3) is 0 Å². The molecular weight excluding hydrogens is 204 g/mol. The normalized spacial score (nSPS) is 12.5. The van der Waals surface area contributed by atoms with E-state index in [4.69, 9.17) is 0 Å². The van der Waals surface area contributed by atoms with Crippen LogP contribution in [0.3, 0.4) is 0 Å². The van der Waals surface area contributed by atoms with Gasteiger partial charge in [0.05, 0.1) is 23.6 Å². The molecule has 0 aliphatic heterocycles. The molecule has 0 aromatic carbocycles. The number of aromatic amines is 1. The van der Waals surface area contributed by atoms with Gasteiger partial charge in [0.2, 0.25) is 5.91 Å². The van der Waals surface area contributed by atoms with Crippen molar-refractivity contribution in [3.8, 4) is 0 Å². The van der Waals surface area contributed by atoms with Crippen molar-refractivity contribution in [1.29, 1.82) is 0 Å². The number of hydrogen-bond donors (Lipinski definition) is 3. The number of aryl methyl sites for hydroxylation is 2. The number of H-pyrrole nitrogens is 1. The molecule has 0 bridgehead atoms. The molecule has 1 atom stereocenters. The summed E-state index contributed by atoms with van der Waals surface area (Å²) in [5.41, 5.74) is 2.49. The van der Waals surface area contributed by atoms with Crippen molar-refractivity contribution in [3.63, 3.8) is 0 Å². The lowest BCUT2D eigenvalue weighted by Crippen LogP contribution is -2.34. The van der Waals surface area contributed by atoms with E-state index in [9.17, 15) is 4.79 Å². The fourth-order valence-corrected chi connectivity index (χ4v) is 1.33. The fourth-order valence-electron chi connectivity index (χ4n) is 1.33. The van der Waals surface area contributed by atoms with Crippen LogP contribution in [0.2, 0.25) is 0 Å². The van der Waals surface area contributed by atoms with Gasteiger partial charge < -0.3 is 10.6 Å². The van der Waals surface area contributed by atoms with Crippen molar-refractivity contribution in [2.75, 3.05) is 11.9 Å². The Morgan fingerprint density at radius 2 is 2.19 bits per heavy atom. The highest BCUT2D eigenvalue weighted by Gasteiger charge is 2.10. The van der Waals surface area contributed by atoms with Gasteiger partial charge in [-0.2, -0.15) is 5.10 Å². The van der Waals surface area contributed by atoms with E-state index < -0.39 is 0 Å². The molecule has 0 saturated heterocycles. The summed E-state index contributed by atoms with van der Waals surface area (Å²) in [7, 11) is 0. The summed E-state index contributed by atoms with van der Waals surface area (Å²) in [6.07, 6.45) is 1.01. The largest absolute Gasteiger partial charge is 0.322 e. The summed E-state index contributed by atoms with van der Waals surface area (Å²) in [4.78, 5) is 11.6. The van der Waals surface area contributed by atoms with Gasteiger partial charge in [0, 0.05) is 6.04 Å². The number of hydrogen-bond acceptors (Lipinski definition) is 3. The van der Waals surface area contributed by atoms with Crippen molar-refractivity contribution in [2.45, 2.75) is 40.2 Å². The molecule has 1 unspecified atom stereocenters. The van der Waals surface area contributed by atoms with Crippen LogP contribution in [0.25, 0.3) is 0 Å². The maximum atomic E-state index is 11.6. The second-order valence-electron chi connectivity index (χ2n) is 4.05. The van der Waals surface area contributed by atoms with Crippen LogP contribution < -0.4 is 10.6 Å². The van der Waals surface area contributed by atoms with Crippen molar-refractivity contribution < 1.29 is 4.79 Å². The van der Waals surface area contributed by atoms with E-state index in [1.165, 1.54) is 0 Å². The molecule has 0 aliphatic carbocycles. The Kier molecular flexibility index (Phi) is 4.49. The summed E-state index contributed by atoms with van der Waals surface area (Å²) < 4.78 is 0. The molecule has 1 heterocycles. The molecule has 90 valence electrons. The number of nitrogens with one attached hydrogen (secondary N) is 3. The molecule has 0 aliphatic rings. The Morgan fingerprint density at radius 1 is 1.50 bits per heavy atom. The van der Waals surface area contributed by atoms with Gasteiger partial charge in [-0.05, 0) is 27.2 Å². The highest BCUT2D eigenvalue weighted by atomic mass is 16.1. The van der Waals surface area contributed by atoms with Crippen LogP contribution in [-0.4, -0.2) is 28.7 Å². The summed E-state index contributed by atoms with van der Waals surface area (Å²) >= 11 is 0. The third-order valence-corrected chi connectivity index (χ3v) is 2.62. The summed E-state index contributed by atoms with van der Waals surface area (Å²) in [6.45, 7) is 8.22. The quantitative estimate of drug-likeness (QED) is 0.707. The Morgan fingerprint density at radius 3 is 2.69 bits per heavy atom. The number of rotatable bonds is 5. The third kappa shape index (κ3) is 3.34. The molecule has 3 N–H and O–H groups in total. The van der Waals surface area contributed by atoms with Crippen molar-refractivity contribution in [3.05, 3.63) is 11.4 Å². The van der Waals surface area contributed by atoms with Gasteiger partial charge in [-0.1, -0.05) is 6.92 Å². The molecular formula is C11H20N4O. The molecule has 0 spiro atoms. The molecule has 5 heteroatoms. The van der Waals surface area contributed by atoms with Crippen LogP contribution in [0, 0.1) is 13.8 Å². The van der Waals surface area contributed by atoms with E-state index in [0.717, 1.165) is 23.5 Å². The van der Waals surface area contributed by atoms with Gasteiger partial charge in [-0.3, -0.25) is 9.89 Å². The molecule has 16 heavy (non-hydrogen) atoms. The predicted molar refractivity (Wildman–Crippen MR) is 64.4 cm³/mol. The monoisotopic (exact) mass is 224 g/mol. The predicted octanol–water partition coefficient (Wildman–Crippen LogP) is 1.35. The Bertz CT molecular complexity index is 339. The Balaban J connectivity index is 2.46. The summed E-state index contributed by atoms with van der Waals surface area (Å²) in [6, 6.07) is 0.359. The molecule has 0 fully saturated rings. The zero-order valence-electron chi connectivity index (χ0n) is 10.3. The average molecular weight is 224 g/mol. The number of amides is 1. The highest BCUT2D eigenvalue weighted by Crippen LogP contribution is 2.15. The van der Waals surface area contributed by atoms with Crippen molar-refractivity contribution in [1.82, 2.24) is 15.5 Å². The SMILES string of the molecule is CCC(C)NCC(=O)Nc1c(C)n[nH]c1C. The number of carbonyl (C=O) groups is 1. The smallest absolute Gasteiger partial charge is 0.238 e. The van der Waals surface area contributed by atoms with Gasteiger partial charge in [-0.15, -0.1) is 0 Å². The van der Waals surface area contributed by atoms with E-state index in [1.54, 1.807) is 0 Å². The minimum absolute atomic E-state index is 0.0344. The first-order chi connectivity index (χ1) is 7.54. The zero-order chi connectivity index (χ0) is 12.1. The average Bonchev–Trinajstić information content (AvgIpc) is 2.57. The standard InChI is InChI=1S/C11H20N4O/c1-5-7(2)12-6-10(16)13-11-8(3)14-15-9(11)4/h7,12H,5-6H2,1-4H3,(H,13,16)(H,14,15). The molecule has 1 amide bonds. The second kappa shape index (κ2) is 5.65. The first-order valence-electron chi connectivity index (χ1n) is 5.59. The molecule has 0 saturated carbocycles. The topological polar surface area (TPSA) is 69.8 Å². The number of aromatic nitrogens is 2. The van der Waals surface area contributed by atoms with Gasteiger partial charge in [-0.25, -0.2) is 0 Å². The maximum Gasteiger partial charge on any atom is 0.238 e. The van der Waals surface area contributed by atoms with Gasteiger partial charge >= 0.3 is 0 Å². The van der Waals surface area contributed by atoms with Crippen LogP contribution in [0.15, 0.2) is 0 Å². The minimum Gasteiger partial charge on any atom is -0.322 e. The van der Waals surface area contributed by atoms with E-state index in [-0.39, 0.29) is 5.91 Å². The lowest BCUT2D eigenvalue weighted by atomic mass is 10.2. The summed E-state index contributed by atoms with van der Waals surface area (Å²) in [5, 5.41) is 12.8. The Hall–Kier alpha value is -1.36. The molecule has 5 nitrogen and oxygen atoms in total. The van der Waals surface area contributed by atoms with Crippen LogP contribution in [0.5, 0.6) is 0 Å². The third-order valence-electron chi connectivity index (χ3n) is 2.62. The lowest BCUT2D eigenvalue weighted by Gasteiger charge is -2.11. The number of anilines is 1. The molecule has 1 aromatic heterocycles. The van der Waals surface area contributed by atoms with Crippen LogP contribution >= 0.6 is 0 Å². The van der Waals surface area contributed by atoms with Crippen molar-refractivity contribution in [2.24, 2.45) is 0 Å². The molecule has 1 rings (SSSR count).